The van der Waals surface area contributed by atoms with Crippen LogP contribution in [0, 0.1) is 0 Å². The zero-order chi connectivity index (χ0) is 26.3. The van der Waals surface area contributed by atoms with Crippen LogP contribution in [0.15, 0.2) is 35.4 Å². The molecule has 0 unspecified atom stereocenters. The molecule has 1 fully saturated rings. The van der Waals surface area contributed by atoms with Crippen LogP contribution in [0.2, 0.25) is 5.02 Å². The summed E-state index contributed by atoms with van der Waals surface area (Å²) in [5, 5.41) is 12.8. The van der Waals surface area contributed by atoms with Crippen LogP contribution in [0.5, 0.6) is 5.88 Å². The van der Waals surface area contributed by atoms with E-state index in [1.807, 2.05) is 0 Å². The molecule has 2 heterocycles. The third-order valence-corrected chi connectivity index (χ3v) is 9.87. The van der Waals surface area contributed by atoms with Gasteiger partial charge in [-0.2, -0.15) is 4.98 Å². The number of carbonyl (C=O) groups is 1. The summed E-state index contributed by atoms with van der Waals surface area (Å²) in [4.78, 5) is 37.9. The molecule has 0 aliphatic heterocycles. The standard InChI is InChI=1S/C23H26ClN5O6S/c1-22(2,11-30)36(33,34)23(8-9-23)12-35-20-17-18(26-13-27-20)28-16(21(32)29(17)3)19(31)25-10-14-4-6-15(24)7-5-14/h4-7,13,30H,8-12H2,1-3H3,(H,25,31). The number of rotatable bonds is 9. The van der Waals surface area contributed by atoms with Gasteiger partial charge in [0.2, 0.25) is 5.88 Å². The number of ether oxygens (including phenoxy) is 1. The maximum atomic E-state index is 13.1. The van der Waals surface area contributed by atoms with Crippen molar-refractivity contribution in [3.05, 3.63) is 57.2 Å². The van der Waals surface area contributed by atoms with E-state index in [0.717, 1.165) is 16.5 Å². The van der Waals surface area contributed by atoms with Crippen molar-refractivity contribution in [2.75, 3.05) is 13.2 Å². The van der Waals surface area contributed by atoms with Gasteiger partial charge in [0.1, 0.15) is 17.7 Å². The van der Waals surface area contributed by atoms with Gasteiger partial charge in [-0.15, -0.1) is 0 Å². The van der Waals surface area contributed by atoms with Crippen LogP contribution >= 0.6 is 11.6 Å². The Morgan fingerprint density at radius 2 is 1.92 bits per heavy atom. The first-order valence-electron chi connectivity index (χ1n) is 11.1. The summed E-state index contributed by atoms with van der Waals surface area (Å²) < 4.78 is 30.6. The molecule has 0 spiro atoms. The molecule has 1 saturated carbocycles. The van der Waals surface area contributed by atoms with E-state index in [1.165, 1.54) is 20.9 Å². The molecule has 2 aromatic heterocycles. The van der Waals surface area contributed by atoms with E-state index >= 15 is 0 Å². The van der Waals surface area contributed by atoms with Crippen molar-refractivity contribution in [2.24, 2.45) is 7.05 Å². The molecule has 1 aromatic carbocycles. The maximum Gasteiger partial charge on any atom is 0.282 e. The number of nitrogens with zero attached hydrogens (tertiary/aromatic N) is 4. The van der Waals surface area contributed by atoms with Gasteiger partial charge in [-0.25, -0.2) is 18.4 Å². The first-order chi connectivity index (χ1) is 16.9. The number of aromatic nitrogens is 4. The molecule has 1 aliphatic rings. The average Bonchev–Trinajstić information content (AvgIpc) is 3.66. The van der Waals surface area contributed by atoms with Crippen LogP contribution in [0.3, 0.4) is 0 Å². The van der Waals surface area contributed by atoms with Crippen LogP contribution in [-0.2, 0) is 23.4 Å². The SMILES string of the molecule is Cn1c(=O)c(C(=O)NCc2ccc(Cl)cc2)nc2ncnc(OCC3(S(=O)(=O)C(C)(C)CO)CC3)c21. The van der Waals surface area contributed by atoms with Crippen LogP contribution in [0.1, 0.15) is 42.7 Å². The highest BCUT2D eigenvalue weighted by atomic mass is 35.5. The lowest BCUT2D eigenvalue weighted by Crippen LogP contribution is -2.46. The van der Waals surface area contributed by atoms with E-state index in [1.54, 1.807) is 24.3 Å². The third-order valence-electron chi connectivity index (χ3n) is 6.37. The Labute approximate surface area is 212 Å². The lowest BCUT2D eigenvalue weighted by molar-refractivity contribution is 0.0944. The van der Waals surface area contributed by atoms with Crippen LogP contribution in [0.25, 0.3) is 11.2 Å². The molecular formula is C23H26ClN5O6S. The summed E-state index contributed by atoms with van der Waals surface area (Å²) in [5.74, 6) is -0.703. The monoisotopic (exact) mass is 535 g/mol. The zero-order valence-corrected chi connectivity index (χ0v) is 21.6. The van der Waals surface area contributed by atoms with E-state index in [4.69, 9.17) is 16.3 Å². The topological polar surface area (TPSA) is 153 Å². The fourth-order valence-electron chi connectivity index (χ4n) is 3.77. The number of aliphatic hydroxyl groups excluding tert-OH is 1. The summed E-state index contributed by atoms with van der Waals surface area (Å²) in [6, 6.07) is 6.88. The highest BCUT2D eigenvalue weighted by Gasteiger charge is 2.60. The van der Waals surface area contributed by atoms with Gasteiger partial charge < -0.3 is 19.7 Å². The molecule has 192 valence electrons. The molecule has 13 heteroatoms. The van der Waals surface area contributed by atoms with Crippen molar-refractivity contribution in [1.82, 2.24) is 24.8 Å². The van der Waals surface area contributed by atoms with Crippen molar-refractivity contribution in [3.8, 4) is 5.88 Å². The maximum absolute atomic E-state index is 13.1. The molecule has 1 aliphatic carbocycles. The molecule has 11 nitrogen and oxygen atoms in total. The molecule has 36 heavy (non-hydrogen) atoms. The molecule has 0 atom stereocenters. The highest BCUT2D eigenvalue weighted by molar-refractivity contribution is 7.94. The van der Waals surface area contributed by atoms with Crippen molar-refractivity contribution in [2.45, 2.75) is 42.7 Å². The van der Waals surface area contributed by atoms with Crippen molar-refractivity contribution >= 4 is 38.5 Å². The second-order valence-electron chi connectivity index (χ2n) is 9.38. The van der Waals surface area contributed by atoms with Crippen molar-refractivity contribution < 1.29 is 23.1 Å². The lowest BCUT2D eigenvalue weighted by atomic mass is 10.2. The van der Waals surface area contributed by atoms with Gasteiger partial charge in [0, 0.05) is 18.6 Å². The quantitative estimate of drug-likeness (QED) is 0.414. The minimum Gasteiger partial charge on any atom is -0.474 e. The number of nitrogens with one attached hydrogen (secondary N) is 1. The third kappa shape index (κ3) is 4.56. The number of carbonyl (C=O) groups excluding carboxylic acids is 1. The molecule has 4 rings (SSSR count). The number of aryl methyl sites for hydroxylation is 1. The number of fused-ring (bicyclic) bond motifs is 1. The number of hydrogen-bond donors (Lipinski definition) is 2. The predicted molar refractivity (Wildman–Crippen MR) is 133 cm³/mol. The average molecular weight is 536 g/mol. The molecule has 1 amide bonds. The molecule has 2 N–H and O–H groups in total. The van der Waals surface area contributed by atoms with E-state index < -0.39 is 37.4 Å². The summed E-state index contributed by atoms with van der Waals surface area (Å²) in [7, 11) is -2.30. The normalized spacial score (nSPS) is 15.0. The van der Waals surface area contributed by atoms with Crippen LogP contribution < -0.4 is 15.6 Å². The van der Waals surface area contributed by atoms with Gasteiger partial charge in [0.15, 0.2) is 26.7 Å². The first kappa shape index (κ1) is 26.0. The summed E-state index contributed by atoms with van der Waals surface area (Å²) in [5.41, 5.74) is -0.0781. The molecule has 0 bridgehead atoms. The van der Waals surface area contributed by atoms with E-state index in [2.05, 4.69) is 20.3 Å². The number of halogens is 1. The Morgan fingerprint density at radius 3 is 2.53 bits per heavy atom. The minimum atomic E-state index is -3.73. The summed E-state index contributed by atoms with van der Waals surface area (Å²) >= 11 is 5.87. The van der Waals surface area contributed by atoms with Gasteiger partial charge in [-0.1, -0.05) is 23.7 Å². The van der Waals surface area contributed by atoms with E-state index in [-0.39, 0.29) is 35.9 Å². The van der Waals surface area contributed by atoms with Crippen molar-refractivity contribution in [1.29, 1.82) is 0 Å². The van der Waals surface area contributed by atoms with Gasteiger partial charge in [-0.05, 0) is 44.4 Å². The number of aliphatic hydroxyl groups is 1. The molecular weight excluding hydrogens is 510 g/mol. The van der Waals surface area contributed by atoms with Crippen molar-refractivity contribution in [3.63, 3.8) is 0 Å². The first-order valence-corrected chi connectivity index (χ1v) is 13.0. The second-order valence-corrected chi connectivity index (χ2v) is 12.8. The Morgan fingerprint density at radius 1 is 1.25 bits per heavy atom. The predicted octanol–water partition coefficient (Wildman–Crippen LogP) is 1.40. The molecule has 0 radical (unpaired) electrons. The van der Waals surface area contributed by atoms with Gasteiger partial charge >= 0.3 is 0 Å². The van der Waals surface area contributed by atoms with Crippen LogP contribution in [0.4, 0.5) is 0 Å². The number of sulfone groups is 1. The Balaban J connectivity index is 1.59. The number of amides is 1. The lowest BCUT2D eigenvalue weighted by Gasteiger charge is -2.28. The van der Waals surface area contributed by atoms with E-state index in [9.17, 15) is 23.1 Å². The minimum absolute atomic E-state index is 0.0245. The van der Waals surface area contributed by atoms with Gasteiger partial charge in [-0.3, -0.25) is 9.59 Å². The summed E-state index contributed by atoms with van der Waals surface area (Å²) in [6.07, 6.45) is 1.93. The molecule has 3 aromatic rings. The zero-order valence-electron chi connectivity index (χ0n) is 20.0. The Kier molecular flexibility index (Phi) is 6.80. The molecule has 0 saturated heterocycles. The second kappa shape index (κ2) is 9.41. The smallest absolute Gasteiger partial charge is 0.282 e. The largest absolute Gasteiger partial charge is 0.474 e. The fourth-order valence-corrected chi connectivity index (χ4v) is 6.09. The highest BCUT2D eigenvalue weighted by Crippen LogP contribution is 2.48. The fraction of sp³-hybridized carbons (Fsp3) is 0.435. The van der Waals surface area contributed by atoms with Crippen LogP contribution in [-0.4, -0.2) is 61.7 Å². The Hall–Kier alpha value is -3.09. The number of benzene rings is 1. The van der Waals surface area contributed by atoms with Gasteiger partial charge in [0.05, 0.1) is 11.4 Å². The Bertz CT molecular complexity index is 1480. The number of hydrogen-bond acceptors (Lipinski definition) is 9. The van der Waals surface area contributed by atoms with E-state index in [0.29, 0.717) is 17.9 Å². The summed E-state index contributed by atoms with van der Waals surface area (Å²) in [6.45, 7) is 2.38. The van der Waals surface area contributed by atoms with Gasteiger partial charge in [0.25, 0.3) is 11.5 Å².